The third kappa shape index (κ3) is 4.69. The lowest BCUT2D eigenvalue weighted by Gasteiger charge is -2.18. The zero-order chi connectivity index (χ0) is 34.8. The summed E-state index contributed by atoms with van der Waals surface area (Å²) in [6.07, 6.45) is 1.92. The molecule has 52 heavy (non-hydrogen) atoms. The van der Waals surface area contributed by atoms with Crippen LogP contribution in [0.25, 0.3) is 99.3 Å². The molecular weight excluding hydrogens is 633 g/mol. The first-order chi connectivity index (χ1) is 25.6. The fraction of sp³-hybridized carbons (Fsp3) is 0.0417. The minimum atomic E-state index is 0.696. The number of benzene rings is 7. The second-order valence-electron chi connectivity index (χ2n) is 13.5. The lowest BCUT2D eigenvalue weighted by atomic mass is 9.89. The van der Waals surface area contributed by atoms with E-state index in [1.165, 1.54) is 16.5 Å². The van der Waals surface area contributed by atoms with Gasteiger partial charge in [0.15, 0.2) is 5.82 Å². The molecule has 0 fully saturated rings. The summed E-state index contributed by atoms with van der Waals surface area (Å²) >= 11 is 0. The molecule has 10 rings (SSSR count). The molecule has 0 spiro atoms. The maximum Gasteiger partial charge on any atom is 0.160 e. The first-order valence-corrected chi connectivity index (χ1v) is 17.7. The largest absolute Gasteiger partial charge is 0.254 e. The van der Waals surface area contributed by atoms with Crippen LogP contribution in [0.15, 0.2) is 158 Å². The van der Waals surface area contributed by atoms with Crippen molar-refractivity contribution < 1.29 is 0 Å². The van der Waals surface area contributed by atoms with E-state index >= 15 is 0 Å². The Bertz CT molecular complexity index is 3020. The minimum absolute atomic E-state index is 0.696. The quantitative estimate of drug-likeness (QED) is 0.176. The van der Waals surface area contributed by atoms with Crippen molar-refractivity contribution in [3.05, 3.63) is 169 Å². The van der Waals surface area contributed by atoms with Gasteiger partial charge in [-0.25, -0.2) is 15.0 Å². The zero-order valence-corrected chi connectivity index (χ0v) is 28.8. The van der Waals surface area contributed by atoms with Crippen LogP contribution in [0.1, 0.15) is 11.1 Å². The molecule has 0 unspecified atom stereocenters. The van der Waals surface area contributed by atoms with E-state index in [1.807, 2.05) is 18.3 Å². The smallest absolute Gasteiger partial charge is 0.160 e. The van der Waals surface area contributed by atoms with Crippen molar-refractivity contribution in [3.8, 4) is 45.0 Å². The van der Waals surface area contributed by atoms with E-state index in [2.05, 4.69) is 153 Å². The molecule has 0 aliphatic rings. The number of aromatic nitrogens is 4. The highest BCUT2D eigenvalue weighted by Crippen LogP contribution is 2.42. The van der Waals surface area contributed by atoms with E-state index in [0.717, 1.165) is 88.1 Å². The lowest BCUT2D eigenvalue weighted by Crippen LogP contribution is -1.98. The monoisotopic (exact) mass is 664 g/mol. The summed E-state index contributed by atoms with van der Waals surface area (Å²) in [4.78, 5) is 21.0. The average Bonchev–Trinajstić information content (AvgIpc) is 3.22. The lowest BCUT2D eigenvalue weighted by molar-refractivity contribution is 1.23. The molecule has 0 radical (unpaired) electrons. The second-order valence-corrected chi connectivity index (χ2v) is 13.5. The highest BCUT2D eigenvalue weighted by Gasteiger charge is 2.20. The van der Waals surface area contributed by atoms with Crippen molar-refractivity contribution in [1.29, 1.82) is 0 Å². The van der Waals surface area contributed by atoms with Crippen molar-refractivity contribution in [2.75, 3.05) is 0 Å². The summed E-state index contributed by atoms with van der Waals surface area (Å²) in [6, 6.07) is 53.0. The predicted molar refractivity (Wildman–Crippen MR) is 216 cm³/mol. The van der Waals surface area contributed by atoms with Gasteiger partial charge in [0.25, 0.3) is 0 Å². The fourth-order valence-corrected chi connectivity index (χ4v) is 7.90. The topological polar surface area (TPSA) is 51.6 Å². The van der Waals surface area contributed by atoms with E-state index in [-0.39, 0.29) is 0 Å². The number of nitrogens with zero attached hydrogens (tertiary/aromatic N) is 4. The van der Waals surface area contributed by atoms with Crippen LogP contribution in [0.4, 0.5) is 0 Å². The molecule has 0 aliphatic heterocycles. The Balaban J connectivity index is 1.22. The molecule has 244 valence electrons. The molecule has 4 heteroatoms. The molecule has 4 nitrogen and oxygen atoms in total. The first-order valence-electron chi connectivity index (χ1n) is 17.7. The molecule has 3 aromatic heterocycles. The van der Waals surface area contributed by atoms with Crippen LogP contribution in [0.5, 0.6) is 0 Å². The number of hydrogen-bond acceptors (Lipinski definition) is 4. The maximum absolute atomic E-state index is 5.41. The number of hydrogen-bond donors (Lipinski definition) is 0. The van der Waals surface area contributed by atoms with Crippen LogP contribution in [-0.2, 0) is 0 Å². The van der Waals surface area contributed by atoms with E-state index < -0.39 is 0 Å². The Hall–Kier alpha value is -6.78. The summed E-state index contributed by atoms with van der Waals surface area (Å²) < 4.78 is 0. The molecule has 0 aliphatic carbocycles. The molecule has 0 N–H and O–H groups in total. The highest BCUT2D eigenvalue weighted by atomic mass is 14.9. The van der Waals surface area contributed by atoms with Crippen molar-refractivity contribution in [3.63, 3.8) is 0 Å². The van der Waals surface area contributed by atoms with Crippen LogP contribution in [0.2, 0.25) is 0 Å². The summed E-state index contributed by atoms with van der Waals surface area (Å²) in [5, 5.41) is 7.92. The van der Waals surface area contributed by atoms with Gasteiger partial charge in [0.05, 0.1) is 27.9 Å². The molecule has 0 saturated carbocycles. The molecule has 3 heterocycles. The van der Waals surface area contributed by atoms with Gasteiger partial charge in [-0.1, -0.05) is 133 Å². The van der Waals surface area contributed by atoms with Gasteiger partial charge in [-0.05, 0) is 65.1 Å². The van der Waals surface area contributed by atoms with Gasteiger partial charge < -0.3 is 0 Å². The molecular formula is C48H32N4. The number of rotatable bonds is 4. The average molecular weight is 665 g/mol. The molecule has 7 aromatic carbocycles. The van der Waals surface area contributed by atoms with E-state index in [9.17, 15) is 0 Å². The van der Waals surface area contributed by atoms with Crippen molar-refractivity contribution in [2.45, 2.75) is 13.8 Å². The maximum atomic E-state index is 5.41. The minimum Gasteiger partial charge on any atom is -0.254 e. The fourth-order valence-electron chi connectivity index (χ4n) is 7.90. The third-order valence-electron chi connectivity index (χ3n) is 10.5. The van der Waals surface area contributed by atoms with Gasteiger partial charge >= 0.3 is 0 Å². The molecule has 10 aromatic rings. The summed E-state index contributed by atoms with van der Waals surface area (Å²) in [5.41, 5.74) is 12.4. The van der Waals surface area contributed by atoms with Crippen LogP contribution in [0, 0.1) is 13.8 Å². The summed E-state index contributed by atoms with van der Waals surface area (Å²) in [7, 11) is 0. The van der Waals surface area contributed by atoms with E-state index in [1.54, 1.807) is 0 Å². The van der Waals surface area contributed by atoms with Gasteiger partial charge in [-0.3, -0.25) is 4.98 Å². The van der Waals surface area contributed by atoms with Gasteiger partial charge in [0.2, 0.25) is 0 Å². The predicted octanol–water partition coefficient (Wildman–Crippen LogP) is 12.3. The van der Waals surface area contributed by atoms with Gasteiger partial charge in [-0.15, -0.1) is 0 Å². The third-order valence-corrected chi connectivity index (χ3v) is 10.5. The zero-order valence-electron chi connectivity index (χ0n) is 28.8. The van der Waals surface area contributed by atoms with Crippen LogP contribution in [0.3, 0.4) is 0 Å². The number of pyridine rings is 2. The van der Waals surface area contributed by atoms with Crippen LogP contribution in [-0.4, -0.2) is 19.9 Å². The number of fused-ring (bicyclic) bond motifs is 8. The Labute approximate surface area is 301 Å². The Morgan fingerprint density at radius 2 is 1.00 bits per heavy atom. The van der Waals surface area contributed by atoms with Gasteiger partial charge in [0, 0.05) is 49.8 Å². The summed E-state index contributed by atoms with van der Waals surface area (Å²) in [6.45, 7) is 4.44. The Morgan fingerprint density at radius 3 is 1.77 bits per heavy atom. The van der Waals surface area contributed by atoms with Gasteiger partial charge in [-0.2, -0.15) is 0 Å². The Morgan fingerprint density at radius 1 is 0.385 bits per heavy atom. The van der Waals surface area contributed by atoms with E-state index in [4.69, 9.17) is 19.9 Å². The van der Waals surface area contributed by atoms with Crippen molar-refractivity contribution in [1.82, 2.24) is 19.9 Å². The van der Waals surface area contributed by atoms with Crippen molar-refractivity contribution in [2.24, 2.45) is 0 Å². The first kappa shape index (κ1) is 30.1. The molecule has 0 amide bonds. The standard InChI is InChI=1S/C48H32N4/c1-29-30(2)42-38-22-11-12-23-39(38)43(32-15-5-3-6-16-32)50-47(42)46-41(29)36(26-27-49-46)34-19-13-20-35(28-34)48-51-44(33-17-7-4-8-18-33)40-25-24-31-14-9-10-21-37(31)45(40)52-48/h3-28H,1-2H3. The van der Waals surface area contributed by atoms with E-state index in [0.29, 0.717) is 5.82 Å². The van der Waals surface area contributed by atoms with Crippen molar-refractivity contribution >= 4 is 54.3 Å². The summed E-state index contributed by atoms with van der Waals surface area (Å²) in [5.74, 6) is 0.696. The highest BCUT2D eigenvalue weighted by molar-refractivity contribution is 6.21. The van der Waals surface area contributed by atoms with Crippen LogP contribution < -0.4 is 0 Å². The SMILES string of the molecule is Cc1c(C)c2c3ccccc3c(-c3ccccc3)nc2c2nccc(-c3cccc(-c4nc(-c5ccccc5)c5ccc6ccccc6c5n4)c3)c12. The normalized spacial score (nSPS) is 11.7. The molecule has 0 bridgehead atoms. The van der Waals surface area contributed by atoms with Gasteiger partial charge in [0.1, 0.15) is 0 Å². The Kier molecular flexibility index (Phi) is 6.90. The van der Waals surface area contributed by atoms with Crippen LogP contribution >= 0.6 is 0 Å². The number of aryl methyl sites for hydroxylation is 2. The second kappa shape index (κ2) is 11.9. The molecule has 0 saturated heterocycles. The molecule has 0 atom stereocenters.